The summed E-state index contributed by atoms with van der Waals surface area (Å²) in [7, 11) is -3.17. The average Bonchev–Trinajstić information content (AvgIpc) is 2.13. The number of nitrogens with two attached hydrogens (primary N) is 1. The van der Waals surface area contributed by atoms with Gasteiger partial charge in [-0.1, -0.05) is 27.7 Å². The summed E-state index contributed by atoms with van der Waals surface area (Å²) in [5.74, 6) is 0.529. The van der Waals surface area contributed by atoms with Crippen molar-refractivity contribution in [3.05, 3.63) is 0 Å². The Morgan fingerprint density at radius 3 is 2.17 bits per heavy atom. The predicted octanol–water partition coefficient (Wildman–Crippen LogP) is 1.81. The molecule has 0 amide bonds. The van der Waals surface area contributed by atoms with E-state index >= 15 is 0 Å². The number of piperidine rings is 1. The minimum Gasteiger partial charge on any atom is -0.327 e. The highest BCUT2D eigenvalue weighted by molar-refractivity contribution is 7.89. The normalized spacial score (nSPS) is 23.2. The third kappa shape index (κ3) is 4.86. The maximum atomic E-state index is 12.2. The van der Waals surface area contributed by atoms with Crippen LogP contribution in [0, 0.1) is 11.3 Å². The molecule has 18 heavy (non-hydrogen) atoms. The smallest absolute Gasteiger partial charge is 0.215 e. The van der Waals surface area contributed by atoms with Crippen LogP contribution in [0.2, 0.25) is 0 Å². The first-order valence-electron chi connectivity index (χ1n) is 6.86. The van der Waals surface area contributed by atoms with Gasteiger partial charge in [0.25, 0.3) is 0 Å². The van der Waals surface area contributed by atoms with Gasteiger partial charge >= 0.3 is 0 Å². The van der Waals surface area contributed by atoms with Crippen molar-refractivity contribution < 1.29 is 8.42 Å². The first-order valence-corrected chi connectivity index (χ1v) is 8.47. The van der Waals surface area contributed by atoms with E-state index in [0.717, 1.165) is 19.3 Å². The van der Waals surface area contributed by atoms with Gasteiger partial charge in [0.15, 0.2) is 0 Å². The number of hydrogen-bond acceptors (Lipinski definition) is 3. The summed E-state index contributed by atoms with van der Waals surface area (Å²) in [5, 5.41) is 0. The SMILES string of the molecule is CC(C)CC(N)CS(=O)(=O)N1CCC(C)(C)CC1. The lowest BCUT2D eigenvalue weighted by Gasteiger charge is -2.36. The van der Waals surface area contributed by atoms with Crippen molar-refractivity contribution in [1.29, 1.82) is 0 Å². The first kappa shape index (κ1) is 15.9. The molecule has 0 spiro atoms. The second-order valence-electron chi connectivity index (χ2n) is 6.73. The monoisotopic (exact) mass is 276 g/mol. The Kier molecular flexibility index (Phi) is 5.21. The van der Waals surface area contributed by atoms with Gasteiger partial charge in [0.05, 0.1) is 5.75 Å². The summed E-state index contributed by atoms with van der Waals surface area (Å²) in [4.78, 5) is 0. The van der Waals surface area contributed by atoms with E-state index in [1.54, 1.807) is 4.31 Å². The van der Waals surface area contributed by atoms with Gasteiger partial charge in [-0.3, -0.25) is 0 Å². The summed E-state index contributed by atoms with van der Waals surface area (Å²) in [6.07, 6.45) is 2.63. The lowest BCUT2D eigenvalue weighted by molar-refractivity contribution is 0.195. The fraction of sp³-hybridized carbons (Fsp3) is 1.00. The molecule has 108 valence electrons. The van der Waals surface area contributed by atoms with E-state index in [2.05, 4.69) is 27.7 Å². The van der Waals surface area contributed by atoms with Crippen LogP contribution in [0.4, 0.5) is 0 Å². The summed E-state index contributed by atoms with van der Waals surface area (Å²) < 4.78 is 26.1. The van der Waals surface area contributed by atoms with Crippen molar-refractivity contribution >= 4 is 10.0 Å². The molecule has 0 aromatic carbocycles. The van der Waals surface area contributed by atoms with Gasteiger partial charge < -0.3 is 5.73 Å². The molecule has 1 unspecified atom stereocenters. The molecule has 0 saturated carbocycles. The predicted molar refractivity (Wildman–Crippen MR) is 75.8 cm³/mol. The zero-order chi connectivity index (χ0) is 14.0. The molecule has 5 heteroatoms. The molecule has 1 heterocycles. The van der Waals surface area contributed by atoms with E-state index in [9.17, 15) is 8.42 Å². The zero-order valence-electron chi connectivity index (χ0n) is 12.1. The van der Waals surface area contributed by atoms with Crippen molar-refractivity contribution in [2.45, 2.75) is 53.0 Å². The Labute approximate surface area is 112 Å². The molecular weight excluding hydrogens is 248 g/mol. The van der Waals surface area contributed by atoms with Crippen molar-refractivity contribution in [2.24, 2.45) is 17.1 Å². The van der Waals surface area contributed by atoms with Crippen molar-refractivity contribution in [3.63, 3.8) is 0 Å². The number of nitrogens with zero attached hydrogens (tertiary/aromatic N) is 1. The van der Waals surface area contributed by atoms with Crippen LogP contribution in [0.1, 0.15) is 47.0 Å². The standard InChI is InChI=1S/C13H28N2O2S/c1-11(2)9-12(14)10-18(16,17)15-7-5-13(3,4)6-8-15/h11-12H,5-10,14H2,1-4H3. The molecule has 0 aromatic rings. The van der Waals surface area contributed by atoms with Crippen molar-refractivity contribution in [2.75, 3.05) is 18.8 Å². The van der Waals surface area contributed by atoms with Crippen LogP contribution in [0.25, 0.3) is 0 Å². The highest BCUT2D eigenvalue weighted by atomic mass is 32.2. The second-order valence-corrected chi connectivity index (χ2v) is 8.75. The van der Waals surface area contributed by atoms with Gasteiger partial charge in [0.1, 0.15) is 0 Å². The van der Waals surface area contributed by atoms with Gasteiger partial charge in [-0.25, -0.2) is 12.7 Å². The summed E-state index contributed by atoms with van der Waals surface area (Å²) in [6.45, 7) is 9.81. The van der Waals surface area contributed by atoms with Crippen LogP contribution in [0.3, 0.4) is 0 Å². The van der Waals surface area contributed by atoms with Crippen LogP contribution in [0.15, 0.2) is 0 Å². The van der Waals surface area contributed by atoms with E-state index in [1.165, 1.54) is 0 Å². The second kappa shape index (κ2) is 5.88. The minimum atomic E-state index is -3.17. The summed E-state index contributed by atoms with van der Waals surface area (Å²) >= 11 is 0. The Balaban J connectivity index is 2.54. The van der Waals surface area contributed by atoms with Crippen molar-refractivity contribution in [3.8, 4) is 0 Å². The third-order valence-corrected chi connectivity index (χ3v) is 5.67. The average molecular weight is 276 g/mol. The molecule has 1 saturated heterocycles. The van der Waals surface area contributed by atoms with Gasteiger partial charge in [-0.15, -0.1) is 0 Å². The van der Waals surface area contributed by atoms with E-state index in [0.29, 0.717) is 19.0 Å². The summed E-state index contributed by atoms with van der Waals surface area (Å²) in [5.41, 5.74) is 6.18. The largest absolute Gasteiger partial charge is 0.327 e. The fourth-order valence-electron chi connectivity index (χ4n) is 2.42. The van der Waals surface area contributed by atoms with Crippen LogP contribution in [-0.4, -0.2) is 37.6 Å². The zero-order valence-corrected chi connectivity index (χ0v) is 13.0. The maximum Gasteiger partial charge on any atom is 0.215 e. The molecule has 1 atom stereocenters. The molecule has 1 fully saturated rings. The fourth-order valence-corrected chi connectivity index (χ4v) is 4.05. The van der Waals surface area contributed by atoms with Crippen LogP contribution in [-0.2, 0) is 10.0 Å². The lowest BCUT2D eigenvalue weighted by Crippen LogP contribution is -2.45. The van der Waals surface area contributed by atoms with Gasteiger partial charge in [-0.2, -0.15) is 0 Å². The number of hydrogen-bond donors (Lipinski definition) is 1. The quantitative estimate of drug-likeness (QED) is 0.833. The van der Waals surface area contributed by atoms with Gasteiger partial charge in [0, 0.05) is 19.1 Å². The van der Waals surface area contributed by atoms with Gasteiger partial charge in [0.2, 0.25) is 10.0 Å². The van der Waals surface area contributed by atoms with E-state index < -0.39 is 10.0 Å². The van der Waals surface area contributed by atoms with E-state index in [1.807, 2.05) is 0 Å². The molecule has 0 aliphatic carbocycles. The Morgan fingerprint density at radius 2 is 1.72 bits per heavy atom. The molecule has 1 aliphatic heterocycles. The molecule has 0 bridgehead atoms. The van der Waals surface area contributed by atoms with Gasteiger partial charge in [-0.05, 0) is 30.6 Å². The molecular formula is C13H28N2O2S. The number of rotatable bonds is 5. The third-order valence-electron chi connectivity index (χ3n) is 3.67. The van der Waals surface area contributed by atoms with Crippen LogP contribution in [0.5, 0.6) is 0 Å². The molecule has 1 aliphatic rings. The van der Waals surface area contributed by atoms with Crippen LogP contribution < -0.4 is 5.73 Å². The molecule has 0 aromatic heterocycles. The molecule has 0 radical (unpaired) electrons. The van der Waals surface area contributed by atoms with E-state index in [4.69, 9.17) is 5.73 Å². The number of sulfonamides is 1. The van der Waals surface area contributed by atoms with E-state index in [-0.39, 0.29) is 17.2 Å². The summed E-state index contributed by atoms with van der Waals surface area (Å²) in [6, 6.07) is -0.245. The Hall–Kier alpha value is -0.130. The lowest BCUT2D eigenvalue weighted by atomic mass is 9.83. The topological polar surface area (TPSA) is 63.4 Å². The highest BCUT2D eigenvalue weighted by Crippen LogP contribution is 2.31. The molecule has 4 nitrogen and oxygen atoms in total. The Morgan fingerprint density at radius 1 is 1.22 bits per heavy atom. The first-order chi connectivity index (χ1) is 8.12. The minimum absolute atomic E-state index is 0.0889. The molecule has 2 N–H and O–H groups in total. The maximum absolute atomic E-state index is 12.2. The molecule has 1 rings (SSSR count). The van der Waals surface area contributed by atoms with Crippen molar-refractivity contribution in [1.82, 2.24) is 4.31 Å². The Bertz CT molecular complexity index is 353. The van der Waals surface area contributed by atoms with Crippen LogP contribution >= 0.6 is 0 Å². The highest BCUT2D eigenvalue weighted by Gasteiger charge is 2.32.